The highest BCUT2D eigenvalue weighted by Crippen LogP contribution is 2.30. The van der Waals surface area contributed by atoms with Crippen LogP contribution in [-0.4, -0.2) is 35.9 Å². The number of benzene rings is 1. The van der Waals surface area contributed by atoms with Crippen molar-refractivity contribution in [2.45, 2.75) is 18.6 Å². The van der Waals surface area contributed by atoms with Gasteiger partial charge in [0.1, 0.15) is 5.82 Å². The third kappa shape index (κ3) is 4.59. The summed E-state index contributed by atoms with van der Waals surface area (Å²) in [7, 11) is -3.00. The minimum absolute atomic E-state index is 0.0542. The van der Waals surface area contributed by atoms with Gasteiger partial charge in [-0.25, -0.2) is 13.4 Å². The van der Waals surface area contributed by atoms with E-state index in [-0.39, 0.29) is 23.5 Å². The van der Waals surface area contributed by atoms with Crippen molar-refractivity contribution < 1.29 is 21.6 Å². The van der Waals surface area contributed by atoms with Crippen LogP contribution in [0.5, 0.6) is 0 Å². The number of sulfone groups is 1. The van der Waals surface area contributed by atoms with Crippen LogP contribution in [0.2, 0.25) is 0 Å². The Morgan fingerprint density at radius 2 is 1.84 bits per heavy atom. The van der Waals surface area contributed by atoms with E-state index in [9.17, 15) is 21.6 Å². The topological polar surface area (TPSA) is 84.0 Å². The molecule has 0 spiro atoms. The molecule has 2 aromatic rings. The molecule has 6 nitrogen and oxygen atoms in total. The lowest BCUT2D eigenvalue weighted by atomic mass is 10.2. The Morgan fingerprint density at radius 3 is 2.44 bits per heavy atom. The lowest BCUT2D eigenvalue weighted by Gasteiger charge is -2.13. The van der Waals surface area contributed by atoms with Gasteiger partial charge >= 0.3 is 6.18 Å². The average molecular weight is 372 g/mol. The van der Waals surface area contributed by atoms with Gasteiger partial charge in [0.2, 0.25) is 5.95 Å². The number of hydrogen-bond acceptors (Lipinski definition) is 6. The van der Waals surface area contributed by atoms with E-state index in [1.807, 2.05) is 0 Å². The molecule has 134 valence electrons. The molecule has 3 rings (SSSR count). The summed E-state index contributed by atoms with van der Waals surface area (Å²) in [4.78, 5) is 8.21. The number of rotatable bonds is 4. The molecule has 1 fully saturated rings. The fraction of sp³-hybridized carbons (Fsp3) is 0.333. The number of hydrogen-bond donors (Lipinski definition) is 2. The van der Waals surface area contributed by atoms with Crippen LogP contribution in [0, 0.1) is 0 Å². The molecule has 0 aliphatic carbocycles. The van der Waals surface area contributed by atoms with Gasteiger partial charge in [0.05, 0.1) is 17.1 Å². The summed E-state index contributed by atoms with van der Waals surface area (Å²) in [5.41, 5.74) is -0.328. The van der Waals surface area contributed by atoms with Crippen molar-refractivity contribution in [3.63, 3.8) is 0 Å². The Kier molecular flexibility index (Phi) is 4.55. The monoisotopic (exact) mass is 372 g/mol. The van der Waals surface area contributed by atoms with Crippen LogP contribution in [0.3, 0.4) is 0 Å². The van der Waals surface area contributed by atoms with Gasteiger partial charge in [-0.2, -0.15) is 18.2 Å². The van der Waals surface area contributed by atoms with Crippen molar-refractivity contribution in [3.8, 4) is 0 Å². The maximum atomic E-state index is 12.6. The number of aromatic nitrogens is 2. The van der Waals surface area contributed by atoms with Crippen molar-refractivity contribution in [1.29, 1.82) is 0 Å². The smallest absolute Gasteiger partial charge is 0.366 e. The zero-order valence-corrected chi connectivity index (χ0v) is 13.7. The Hall–Kier alpha value is -2.36. The second-order valence-electron chi connectivity index (χ2n) is 5.71. The molecular weight excluding hydrogens is 357 g/mol. The van der Waals surface area contributed by atoms with Gasteiger partial charge in [-0.1, -0.05) is 0 Å². The van der Waals surface area contributed by atoms with Crippen LogP contribution in [0.25, 0.3) is 0 Å². The fourth-order valence-corrected chi connectivity index (χ4v) is 4.16. The van der Waals surface area contributed by atoms with E-state index in [0.717, 1.165) is 12.1 Å². The molecule has 2 heterocycles. The molecule has 25 heavy (non-hydrogen) atoms. The molecule has 0 amide bonds. The molecule has 0 radical (unpaired) electrons. The molecule has 10 heteroatoms. The third-order valence-corrected chi connectivity index (χ3v) is 5.48. The van der Waals surface area contributed by atoms with Gasteiger partial charge < -0.3 is 10.6 Å². The quantitative estimate of drug-likeness (QED) is 0.859. The third-order valence-electron chi connectivity index (χ3n) is 3.71. The summed E-state index contributed by atoms with van der Waals surface area (Å²) in [5.74, 6) is 0.850. The number of nitrogens with one attached hydrogen (secondary N) is 2. The number of anilines is 3. The first-order valence-corrected chi connectivity index (χ1v) is 9.28. The van der Waals surface area contributed by atoms with Crippen LogP contribution in [-0.2, 0) is 16.0 Å². The zero-order valence-electron chi connectivity index (χ0n) is 12.9. The summed E-state index contributed by atoms with van der Waals surface area (Å²) in [6.07, 6.45) is -2.40. The molecule has 1 aliphatic heterocycles. The molecule has 1 aromatic carbocycles. The van der Waals surface area contributed by atoms with Gasteiger partial charge in [-0.3, -0.25) is 0 Å². The van der Waals surface area contributed by atoms with Crippen molar-refractivity contribution in [2.75, 3.05) is 22.1 Å². The van der Waals surface area contributed by atoms with Crippen LogP contribution in [0.4, 0.5) is 30.6 Å². The van der Waals surface area contributed by atoms with Crippen molar-refractivity contribution in [1.82, 2.24) is 9.97 Å². The first-order valence-electron chi connectivity index (χ1n) is 7.46. The lowest BCUT2D eigenvalue weighted by Crippen LogP contribution is -2.21. The Labute approximate surface area is 142 Å². The van der Waals surface area contributed by atoms with Crippen LogP contribution in [0.1, 0.15) is 12.0 Å². The minimum atomic E-state index is -4.39. The Morgan fingerprint density at radius 1 is 1.12 bits per heavy atom. The van der Waals surface area contributed by atoms with Crippen molar-refractivity contribution >= 4 is 27.3 Å². The largest absolute Gasteiger partial charge is 0.416 e. The first kappa shape index (κ1) is 17.5. The molecule has 1 saturated heterocycles. The van der Waals surface area contributed by atoms with E-state index in [1.165, 1.54) is 18.3 Å². The summed E-state index contributed by atoms with van der Waals surface area (Å²) in [6.45, 7) is 0. The maximum absolute atomic E-state index is 12.6. The van der Waals surface area contributed by atoms with E-state index in [2.05, 4.69) is 20.6 Å². The van der Waals surface area contributed by atoms with E-state index in [4.69, 9.17) is 0 Å². The minimum Gasteiger partial charge on any atom is -0.366 e. The molecule has 2 N–H and O–H groups in total. The zero-order chi connectivity index (χ0) is 18.1. The number of nitrogens with zero attached hydrogens (tertiary/aromatic N) is 2. The molecule has 1 unspecified atom stereocenters. The van der Waals surface area contributed by atoms with E-state index < -0.39 is 21.6 Å². The fourth-order valence-electron chi connectivity index (χ4n) is 2.49. The van der Waals surface area contributed by atoms with Crippen LogP contribution < -0.4 is 10.6 Å². The molecule has 1 aromatic heterocycles. The second kappa shape index (κ2) is 6.51. The van der Waals surface area contributed by atoms with E-state index in [0.29, 0.717) is 17.9 Å². The molecule has 0 bridgehead atoms. The number of alkyl halides is 3. The highest BCUT2D eigenvalue weighted by Gasteiger charge is 2.30. The standard InChI is InChI=1S/C15H15F3N4O2S/c16-15(17,18)10-1-3-11(4-2-10)21-14-19-7-5-13(22-14)20-12-6-8-25(23,24)9-12/h1-5,7,12H,6,8-9H2,(H2,19,20,21,22). The summed E-state index contributed by atoms with van der Waals surface area (Å²) < 4.78 is 60.6. The summed E-state index contributed by atoms with van der Waals surface area (Å²) in [5, 5.41) is 5.85. The Bertz CT molecular complexity index is 854. The molecule has 1 aliphatic rings. The predicted octanol–water partition coefficient (Wildman–Crippen LogP) is 2.84. The highest BCUT2D eigenvalue weighted by atomic mass is 32.2. The van der Waals surface area contributed by atoms with Gasteiger partial charge in [0, 0.05) is 17.9 Å². The second-order valence-corrected chi connectivity index (χ2v) is 7.94. The lowest BCUT2D eigenvalue weighted by molar-refractivity contribution is -0.137. The maximum Gasteiger partial charge on any atom is 0.416 e. The van der Waals surface area contributed by atoms with E-state index in [1.54, 1.807) is 6.07 Å². The van der Waals surface area contributed by atoms with E-state index >= 15 is 0 Å². The predicted molar refractivity (Wildman–Crippen MR) is 87.4 cm³/mol. The first-order chi connectivity index (χ1) is 11.7. The summed E-state index contributed by atoms with van der Waals surface area (Å²) in [6, 6.07) is 5.90. The van der Waals surface area contributed by atoms with Crippen LogP contribution in [0.15, 0.2) is 36.5 Å². The van der Waals surface area contributed by atoms with Gasteiger partial charge in [0.15, 0.2) is 9.84 Å². The summed E-state index contributed by atoms with van der Waals surface area (Å²) >= 11 is 0. The molecule has 0 saturated carbocycles. The molecular formula is C15H15F3N4O2S. The molecule has 1 atom stereocenters. The van der Waals surface area contributed by atoms with Crippen LogP contribution >= 0.6 is 0 Å². The van der Waals surface area contributed by atoms with Gasteiger partial charge in [-0.15, -0.1) is 0 Å². The normalized spacial score (nSPS) is 19.6. The highest BCUT2D eigenvalue weighted by molar-refractivity contribution is 7.91. The van der Waals surface area contributed by atoms with Gasteiger partial charge in [0.25, 0.3) is 0 Å². The van der Waals surface area contributed by atoms with Crippen molar-refractivity contribution in [3.05, 3.63) is 42.1 Å². The number of halogens is 3. The van der Waals surface area contributed by atoms with Crippen molar-refractivity contribution in [2.24, 2.45) is 0 Å². The van der Waals surface area contributed by atoms with Gasteiger partial charge in [-0.05, 0) is 36.8 Å². The Balaban J connectivity index is 1.67. The SMILES string of the molecule is O=S1(=O)CCC(Nc2ccnc(Nc3ccc(C(F)(F)F)cc3)n2)C1. The average Bonchev–Trinajstić information content (AvgIpc) is 2.86.